The zero-order chi connectivity index (χ0) is 11.5. The smallest absolute Gasteiger partial charge is 0.138 e. The van der Waals surface area contributed by atoms with E-state index >= 15 is 0 Å². The van der Waals surface area contributed by atoms with Crippen LogP contribution in [0, 0.1) is 0 Å². The molecule has 3 atom stereocenters. The summed E-state index contributed by atoms with van der Waals surface area (Å²) in [6.45, 7) is 2.69. The van der Waals surface area contributed by atoms with Gasteiger partial charge in [0.1, 0.15) is 18.0 Å². The minimum Gasteiger partial charge on any atom is -0.486 e. The first kappa shape index (κ1) is 12.2. The van der Waals surface area contributed by atoms with Gasteiger partial charge in [-0.25, -0.2) is 0 Å². The SMILES string of the molecule is CCOC1C(Br)CC1Oc1ccccc1Cl. The molecule has 1 aromatic rings. The summed E-state index contributed by atoms with van der Waals surface area (Å²) in [6, 6.07) is 7.52. The molecular formula is C12H14BrClO2. The zero-order valence-corrected chi connectivity index (χ0v) is 11.4. The topological polar surface area (TPSA) is 18.5 Å². The van der Waals surface area contributed by atoms with Gasteiger partial charge >= 0.3 is 0 Å². The highest BCUT2D eigenvalue weighted by Crippen LogP contribution is 2.36. The molecule has 88 valence electrons. The van der Waals surface area contributed by atoms with Crippen LogP contribution in [-0.4, -0.2) is 23.6 Å². The predicted octanol–water partition coefficient (Wildman–Crippen LogP) is 3.66. The third-order valence-corrected chi connectivity index (χ3v) is 3.86. The monoisotopic (exact) mass is 304 g/mol. The number of rotatable bonds is 4. The van der Waals surface area contributed by atoms with E-state index in [1.54, 1.807) is 0 Å². The first-order valence-corrected chi connectivity index (χ1v) is 6.68. The fourth-order valence-electron chi connectivity index (χ4n) is 1.75. The van der Waals surface area contributed by atoms with Crippen molar-refractivity contribution in [3.63, 3.8) is 0 Å². The van der Waals surface area contributed by atoms with E-state index in [9.17, 15) is 0 Å². The second kappa shape index (κ2) is 5.39. The van der Waals surface area contributed by atoms with Gasteiger partial charge in [-0.3, -0.25) is 0 Å². The van der Waals surface area contributed by atoms with E-state index in [1.165, 1.54) is 0 Å². The summed E-state index contributed by atoms with van der Waals surface area (Å²) in [5.74, 6) is 0.735. The first-order chi connectivity index (χ1) is 7.72. The van der Waals surface area contributed by atoms with Gasteiger partial charge < -0.3 is 9.47 Å². The maximum Gasteiger partial charge on any atom is 0.138 e. The summed E-state index contributed by atoms with van der Waals surface area (Å²) >= 11 is 9.59. The van der Waals surface area contributed by atoms with Crippen molar-refractivity contribution in [2.75, 3.05) is 6.61 Å². The molecule has 0 bridgehead atoms. The molecule has 1 aliphatic carbocycles. The van der Waals surface area contributed by atoms with Crippen molar-refractivity contribution in [3.8, 4) is 5.75 Å². The van der Waals surface area contributed by atoms with Gasteiger partial charge in [0.25, 0.3) is 0 Å². The Morgan fingerprint density at radius 3 is 2.81 bits per heavy atom. The summed E-state index contributed by atoms with van der Waals surface area (Å²) in [4.78, 5) is 0.389. The molecule has 1 aliphatic rings. The molecule has 0 saturated heterocycles. The van der Waals surface area contributed by atoms with E-state index in [0.717, 1.165) is 12.2 Å². The van der Waals surface area contributed by atoms with E-state index in [0.29, 0.717) is 16.5 Å². The van der Waals surface area contributed by atoms with Crippen LogP contribution >= 0.6 is 27.5 Å². The molecule has 2 rings (SSSR count). The van der Waals surface area contributed by atoms with Gasteiger partial charge in [-0.1, -0.05) is 39.7 Å². The lowest BCUT2D eigenvalue weighted by Crippen LogP contribution is -2.52. The molecule has 0 spiro atoms. The fourth-order valence-corrected chi connectivity index (χ4v) is 2.79. The average Bonchev–Trinajstić information content (AvgIpc) is 2.28. The quantitative estimate of drug-likeness (QED) is 0.790. The van der Waals surface area contributed by atoms with Crippen LogP contribution in [-0.2, 0) is 4.74 Å². The Morgan fingerprint density at radius 2 is 2.19 bits per heavy atom. The molecule has 1 aromatic carbocycles. The number of halogens is 2. The molecule has 0 amide bonds. The van der Waals surface area contributed by atoms with Crippen molar-refractivity contribution in [1.29, 1.82) is 0 Å². The molecule has 4 heteroatoms. The molecular weight excluding hydrogens is 291 g/mol. The van der Waals surface area contributed by atoms with Gasteiger partial charge in [-0.2, -0.15) is 0 Å². The van der Waals surface area contributed by atoms with Gasteiger partial charge in [-0.05, 0) is 19.1 Å². The highest BCUT2D eigenvalue weighted by Gasteiger charge is 2.42. The van der Waals surface area contributed by atoms with Crippen LogP contribution in [0.1, 0.15) is 13.3 Å². The lowest BCUT2D eigenvalue weighted by molar-refractivity contribution is -0.0722. The van der Waals surface area contributed by atoms with Crippen LogP contribution in [0.15, 0.2) is 24.3 Å². The normalized spacial score (nSPS) is 28.6. The van der Waals surface area contributed by atoms with Crippen molar-refractivity contribution in [2.45, 2.75) is 30.4 Å². The summed E-state index contributed by atoms with van der Waals surface area (Å²) in [6.07, 6.45) is 1.18. The van der Waals surface area contributed by atoms with Crippen LogP contribution in [0.2, 0.25) is 5.02 Å². The fraction of sp³-hybridized carbons (Fsp3) is 0.500. The Morgan fingerprint density at radius 1 is 1.44 bits per heavy atom. The molecule has 0 aliphatic heterocycles. The lowest BCUT2D eigenvalue weighted by Gasteiger charge is -2.40. The molecule has 0 N–H and O–H groups in total. The van der Waals surface area contributed by atoms with Gasteiger partial charge in [0, 0.05) is 17.9 Å². The lowest BCUT2D eigenvalue weighted by atomic mass is 9.91. The Balaban J connectivity index is 1.98. The van der Waals surface area contributed by atoms with Crippen LogP contribution in [0.5, 0.6) is 5.75 Å². The van der Waals surface area contributed by atoms with Crippen LogP contribution in [0.3, 0.4) is 0 Å². The van der Waals surface area contributed by atoms with E-state index in [2.05, 4.69) is 15.9 Å². The van der Waals surface area contributed by atoms with Crippen LogP contribution < -0.4 is 4.74 Å². The van der Waals surface area contributed by atoms with Crippen LogP contribution in [0.25, 0.3) is 0 Å². The Bertz CT molecular complexity index is 359. The van der Waals surface area contributed by atoms with Crippen molar-refractivity contribution in [3.05, 3.63) is 29.3 Å². The van der Waals surface area contributed by atoms with Crippen molar-refractivity contribution in [2.24, 2.45) is 0 Å². The summed E-state index contributed by atoms with van der Waals surface area (Å²) in [5.41, 5.74) is 0. The highest BCUT2D eigenvalue weighted by molar-refractivity contribution is 9.09. The second-order valence-corrected chi connectivity index (χ2v) is 5.34. The summed E-state index contributed by atoms with van der Waals surface area (Å²) < 4.78 is 11.4. The standard InChI is InChI=1S/C12H14BrClO2/c1-2-15-12-8(13)7-11(12)16-10-6-4-3-5-9(10)14/h3-6,8,11-12H,2,7H2,1H3. The average molecular weight is 306 g/mol. The molecule has 16 heavy (non-hydrogen) atoms. The maximum atomic E-state index is 6.03. The third-order valence-electron chi connectivity index (χ3n) is 2.65. The molecule has 0 heterocycles. The number of ether oxygens (including phenoxy) is 2. The van der Waals surface area contributed by atoms with E-state index < -0.39 is 0 Å². The number of hydrogen-bond acceptors (Lipinski definition) is 2. The second-order valence-electron chi connectivity index (χ2n) is 3.76. The Hall–Kier alpha value is -0.250. The van der Waals surface area contributed by atoms with Gasteiger partial charge in [-0.15, -0.1) is 0 Å². The Kier molecular flexibility index (Phi) is 4.11. The van der Waals surface area contributed by atoms with E-state index in [4.69, 9.17) is 21.1 Å². The molecule has 0 radical (unpaired) electrons. The van der Waals surface area contributed by atoms with Crippen LogP contribution in [0.4, 0.5) is 0 Å². The number of alkyl halides is 1. The molecule has 2 nitrogen and oxygen atoms in total. The molecule has 3 unspecified atom stereocenters. The summed E-state index contributed by atoms with van der Waals surface area (Å²) in [5, 5.41) is 0.649. The first-order valence-electron chi connectivity index (χ1n) is 5.39. The minimum atomic E-state index is 0.101. The predicted molar refractivity (Wildman–Crippen MR) is 68.6 cm³/mol. The third kappa shape index (κ3) is 2.53. The summed E-state index contributed by atoms with van der Waals surface area (Å²) in [7, 11) is 0. The number of para-hydroxylation sites is 1. The zero-order valence-electron chi connectivity index (χ0n) is 9.03. The van der Waals surface area contributed by atoms with E-state index in [-0.39, 0.29) is 12.2 Å². The number of benzene rings is 1. The van der Waals surface area contributed by atoms with Crippen molar-refractivity contribution < 1.29 is 9.47 Å². The van der Waals surface area contributed by atoms with Gasteiger partial charge in [0.15, 0.2) is 0 Å². The molecule has 1 fully saturated rings. The molecule has 1 saturated carbocycles. The van der Waals surface area contributed by atoms with Crippen molar-refractivity contribution >= 4 is 27.5 Å². The van der Waals surface area contributed by atoms with E-state index in [1.807, 2.05) is 31.2 Å². The van der Waals surface area contributed by atoms with Gasteiger partial charge in [0.2, 0.25) is 0 Å². The maximum absolute atomic E-state index is 6.03. The number of hydrogen-bond donors (Lipinski definition) is 0. The molecule has 0 aromatic heterocycles. The van der Waals surface area contributed by atoms with Gasteiger partial charge in [0.05, 0.1) is 5.02 Å². The largest absolute Gasteiger partial charge is 0.486 e. The van der Waals surface area contributed by atoms with Crippen molar-refractivity contribution in [1.82, 2.24) is 0 Å². The highest BCUT2D eigenvalue weighted by atomic mass is 79.9. The Labute approximate surface area is 109 Å². The minimum absolute atomic E-state index is 0.101.